The van der Waals surface area contributed by atoms with Crippen LogP contribution in [0.1, 0.15) is 30.9 Å². The van der Waals surface area contributed by atoms with Crippen LogP contribution in [0.15, 0.2) is 60.8 Å². The molecule has 1 amide bonds. The lowest BCUT2D eigenvalue weighted by Crippen LogP contribution is -2.35. The smallest absolute Gasteiger partial charge is 0.320 e. The lowest BCUT2D eigenvalue weighted by Gasteiger charge is -2.16. The molecule has 4 N–H and O–H groups in total. The third-order valence-corrected chi connectivity index (χ3v) is 8.70. The van der Waals surface area contributed by atoms with Crippen LogP contribution in [0, 0.1) is 0 Å². The van der Waals surface area contributed by atoms with Crippen LogP contribution in [-0.2, 0) is 22.7 Å². The van der Waals surface area contributed by atoms with Crippen LogP contribution >= 0.6 is 23.2 Å². The quantitative estimate of drug-likeness (QED) is 0.141. The van der Waals surface area contributed by atoms with Gasteiger partial charge in [0.05, 0.1) is 35.7 Å². The van der Waals surface area contributed by atoms with Gasteiger partial charge >= 0.3 is 5.97 Å². The Hall–Kier alpha value is -4.22. The molecule has 0 spiro atoms. The third-order valence-electron chi connectivity index (χ3n) is 7.91. The summed E-state index contributed by atoms with van der Waals surface area (Å²) in [5.74, 6) is 0.219. The number of carbonyl (C=O) groups excluding carboxylic acids is 1. The number of benzene rings is 2. The van der Waals surface area contributed by atoms with E-state index in [4.69, 9.17) is 37.7 Å². The summed E-state index contributed by atoms with van der Waals surface area (Å²) in [7, 11) is 3.14. The van der Waals surface area contributed by atoms with Gasteiger partial charge in [-0.3, -0.25) is 14.6 Å². The molecule has 1 fully saturated rings. The van der Waals surface area contributed by atoms with Gasteiger partial charge in [-0.2, -0.15) is 0 Å². The average Bonchev–Trinajstić information content (AvgIpc) is 3.48. The Morgan fingerprint density at radius 3 is 2.50 bits per heavy atom. The highest BCUT2D eigenvalue weighted by atomic mass is 35.5. The Kier molecular flexibility index (Phi) is 10.7. The van der Waals surface area contributed by atoms with Crippen molar-refractivity contribution in [2.75, 3.05) is 20.8 Å². The minimum atomic E-state index is -0.932. The molecular formula is C34H35Cl2N5O5. The average molecular weight is 665 g/mol. The second-order valence-electron chi connectivity index (χ2n) is 11.0. The third kappa shape index (κ3) is 7.42. The Balaban J connectivity index is 1.39. The normalized spacial score (nSPS) is 15.0. The Labute approximate surface area is 277 Å². The van der Waals surface area contributed by atoms with Crippen LogP contribution < -0.4 is 25.4 Å². The number of aliphatic carboxylic acids is 1. The zero-order valence-corrected chi connectivity index (χ0v) is 27.2. The van der Waals surface area contributed by atoms with Gasteiger partial charge in [0.1, 0.15) is 11.8 Å². The van der Waals surface area contributed by atoms with E-state index < -0.39 is 12.0 Å². The maximum absolute atomic E-state index is 11.5. The molecule has 0 saturated carbocycles. The molecular weight excluding hydrogens is 629 g/mol. The summed E-state index contributed by atoms with van der Waals surface area (Å²) in [6, 6.07) is 16.3. The van der Waals surface area contributed by atoms with Crippen molar-refractivity contribution in [1.29, 1.82) is 0 Å². The number of rotatable bonds is 13. The number of carboxylic acids is 1. The van der Waals surface area contributed by atoms with Crippen LogP contribution in [0.25, 0.3) is 33.6 Å². The molecule has 12 heteroatoms. The highest BCUT2D eigenvalue weighted by Crippen LogP contribution is 2.42. The first-order chi connectivity index (χ1) is 22.2. The fourth-order valence-corrected chi connectivity index (χ4v) is 5.97. The lowest BCUT2D eigenvalue weighted by molar-refractivity contribution is -0.139. The first-order valence-corrected chi connectivity index (χ1v) is 15.6. The number of pyridine rings is 2. The summed E-state index contributed by atoms with van der Waals surface area (Å²) < 4.78 is 11.2. The number of methoxy groups -OCH3 is 2. The first kappa shape index (κ1) is 33.2. The lowest BCUT2D eigenvalue weighted by atomic mass is 9.99. The molecule has 2 aromatic heterocycles. The van der Waals surface area contributed by atoms with Crippen molar-refractivity contribution in [3.63, 3.8) is 0 Å². The van der Waals surface area contributed by atoms with Gasteiger partial charge in [0.15, 0.2) is 0 Å². The number of aromatic nitrogens is 2. The molecule has 1 aliphatic heterocycles. The molecule has 0 bridgehead atoms. The van der Waals surface area contributed by atoms with Gasteiger partial charge in [0.25, 0.3) is 0 Å². The van der Waals surface area contributed by atoms with E-state index in [1.807, 2.05) is 54.6 Å². The SMILES string of the molecule is COc1cc(-c2nccc(-c3cccc(-c4ccc(CNC[C@H]5CCC(=O)N5)c(OC)n4)c3Cl)c2Cl)ccc1CN[C@H](C)C(=O)O. The topological polar surface area (TPSA) is 135 Å². The van der Waals surface area contributed by atoms with Crippen molar-refractivity contribution < 1.29 is 24.2 Å². The maximum Gasteiger partial charge on any atom is 0.320 e. The molecule has 2 aromatic carbocycles. The van der Waals surface area contributed by atoms with Gasteiger partial charge < -0.3 is 30.5 Å². The number of halogens is 2. The van der Waals surface area contributed by atoms with E-state index in [0.29, 0.717) is 75.8 Å². The molecule has 4 aromatic rings. The van der Waals surface area contributed by atoms with Crippen LogP contribution in [-0.4, -0.2) is 59.8 Å². The molecule has 10 nitrogen and oxygen atoms in total. The molecule has 46 heavy (non-hydrogen) atoms. The van der Waals surface area contributed by atoms with E-state index in [0.717, 1.165) is 23.1 Å². The number of hydrogen-bond acceptors (Lipinski definition) is 8. The van der Waals surface area contributed by atoms with Crippen molar-refractivity contribution in [3.05, 3.63) is 82.0 Å². The standard InChI is InChI=1S/C34H35Cl2N5O5/c1-19(34(43)44)39-17-21-8-7-20(15-28(21)45-2)32-31(36)25(13-14-38-32)24-5-4-6-26(30(24)35)27-11-9-22(33(41-27)46-3)16-37-18-23-10-12-29(42)40-23/h4-9,11,13-15,19,23,37,39H,10,12,16-18H2,1-3H3,(H,40,42)(H,43,44)/t19-,23-/m1/s1. The van der Waals surface area contributed by atoms with E-state index in [1.54, 1.807) is 27.3 Å². The highest BCUT2D eigenvalue weighted by Gasteiger charge is 2.21. The van der Waals surface area contributed by atoms with Gasteiger partial charge in [0.2, 0.25) is 11.8 Å². The van der Waals surface area contributed by atoms with E-state index >= 15 is 0 Å². The monoisotopic (exact) mass is 663 g/mol. The fourth-order valence-electron chi connectivity index (χ4n) is 5.32. The van der Waals surface area contributed by atoms with Crippen molar-refractivity contribution in [3.8, 4) is 45.3 Å². The summed E-state index contributed by atoms with van der Waals surface area (Å²) >= 11 is 14.0. The second-order valence-corrected chi connectivity index (χ2v) is 11.7. The van der Waals surface area contributed by atoms with Crippen molar-refractivity contribution in [2.45, 2.75) is 44.9 Å². The molecule has 3 heterocycles. The number of amides is 1. The number of ether oxygens (including phenoxy) is 2. The number of nitrogens with one attached hydrogen (secondary N) is 3. The van der Waals surface area contributed by atoms with Crippen LogP contribution in [0.5, 0.6) is 11.6 Å². The van der Waals surface area contributed by atoms with Crippen LogP contribution in [0.4, 0.5) is 0 Å². The summed E-state index contributed by atoms with van der Waals surface area (Å²) in [4.78, 5) is 32.0. The zero-order chi connectivity index (χ0) is 32.8. The molecule has 240 valence electrons. The predicted octanol–water partition coefficient (Wildman–Crippen LogP) is 5.73. The first-order valence-electron chi connectivity index (χ1n) is 14.8. The molecule has 1 saturated heterocycles. The van der Waals surface area contributed by atoms with Crippen LogP contribution in [0.3, 0.4) is 0 Å². The molecule has 0 unspecified atom stereocenters. The predicted molar refractivity (Wildman–Crippen MR) is 178 cm³/mol. The highest BCUT2D eigenvalue weighted by molar-refractivity contribution is 6.39. The molecule has 5 rings (SSSR count). The number of carboxylic acid groups (broad SMARTS) is 1. The summed E-state index contributed by atoms with van der Waals surface area (Å²) in [5.41, 5.74) is 5.75. The fraction of sp³-hybridized carbons (Fsp3) is 0.294. The molecule has 2 atom stereocenters. The summed E-state index contributed by atoms with van der Waals surface area (Å²) in [5, 5.41) is 19.4. The van der Waals surface area contributed by atoms with Gasteiger partial charge in [0, 0.05) is 71.7 Å². The van der Waals surface area contributed by atoms with Crippen molar-refractivity contribution in [2.24, 2.45) is 0 Å². The van der Waals surface area contributed by atoms with Crippen molar-refractivity contribution >= 4 is 35.1 Å². The second kappa shape index (κ2) is 14.9. The van der Waals surface area contributed by atoms with Gasteiger partial charge in [-0.1, -0.05) is 59.6 Å². The van der Waals surface area contributed by atoms with E-state index in [9.17, 15) is 14.7 Å². The van der Waals surface area contributed by atoms with Crippen LogP contribution in [0.2, 0.25) is 10.0 Å². The minimum Gasteiger partial charge on any atom is -0.496 e. The van der Waals surface area contributed by atoms with Gasteiger partial charge in [-0.05, 0) is 31.5 Å². The van der Waals surface area contributed by atoms with Crippen molar-refractivity contribution in [1.82, 2.24) is 25.9 Å². The molecule has 1 aliphatic rings. The number of carbonyl (C=O) groups is 2. The van der Waals surface area contributed by atoms with E-state index in [-0.39, 0.29) is 11.9 Å². The Bertz CT molecular complexity index is 1750. The molecule has 0 aliphatic carbocycles. The molecule has 0 radical (unpaired) electrons. The zero-order valence-electron chi connectivity index (χ0n) is 25.7. The number of nitrogens with zero attached hydrogens (tertiary/aromatic N) is 2. The Morgan fingerprint density at radius 2 is 1.78 bits per heavy atom. The number of hydrogen-bond donors (Lipinski definition) is 4. The maximum atomic E-state index is 11.5. The summed E-state index contributed by atoms with van der Waals surface area (Å²) in [6.07, 6.45) is 3.07. The van der Waals surface area contributed by atoms with E-state index in [1.165, 1.54) is 0 Å². The van der Waals surface area contributed by atoms with Gasteiger partial charge in [-0.15, -0.1) is 0 Å². The van der Waals surface area contributed by atoms with Gasteiger partial charge in [-0.25, -0.2) is 4.98 Å². The Morgan fingerprint density at radius 1 is 1.02 bits per heavy atom. The minimum absolute atomic E-state index is 0.0897. The largest absolute Gasteiger partial charge is 0.496 e. The summed E-state index contributed by atoms with van der Waals surface area (Å²) in [6.45, 7) is 3.10. The van der Waals surface area contributed by atoms with E-state index in [2.05, 4.69) is 20.9 Å².